The quantitative estimate of drug-likeness (QED) is 0.689. The molecule has 5 nitrogen and oxygen atoms in total. The van der Waals surface area contributed by atoms with E-state index < -0.39 is 5.91 Å². The number of H-pyrrole nitrogens is 1. The van der Waals surface area contributed by atoms with Crippen molar-refractivity contribution in [2.24, 2.45) is 5.73 Å². The number of hydrogen-bond donors (Lipinski definition) is 2. The zero-order valence-corrected chi connectivity index (χ0v) is 7.62. The summed E-state index contributed by atoms with van der Waals surface area (Å²) in [5, 5.41) is 0. The van der Waals surface area contributed by atoms with Gasteiger partial charge in [0.15, 0.2) is 0 Å². The monoisotopic (exact) mass is 193 g/mol. The van der Waals surface area contributed by atoms with Gasteiger partial charge in [-0.3, -0.25) is 9.59 Å². The van der Waals surface area contributed by atoms with Crippen LogP contribution in [0.25, 0.3) is 0 Å². The van der Waals surface area contributed by atoms with E-state index in [0.29, 0.717) is 11.7 Å². The van der Waals surface area contributed by atoms with Crippen molar-refractivity contribution in [1.29, 1.82) is 0 Å². The molecule has 1 saturated carbocycles. The molecule has 1 amide bonds. The summed E-state index contributed by atoms with van der Waals surface area (Å²) in [5.41, 5.74) is 5.59. The molecule has 0 atom stereocenters. The molecule has 74 valence electrons. The second kappa shape index (κ2) is 3.25. The van der Waals surface area contributed by atoms with Crippen LogP contribution in [0.4, 0.5) is 0 Å². The Labute approximate surface area is 80.4 Å². The zero-order chi connectivity index (χ0) is 10.1. The van der Waals surface area contributed by atoms with Gasteiger partial charge in [-0.15, -0.1) is 0 Å². The van der Waals surface area contributed by atoms with Gasteiger partial charge in [-0.2, -0.15) is 0 Å². The van der Waals surface area contributed by atoms with Crippen molar-refractivity contribution in [3.63, 3.8) is 0 Å². The molecule has 1 aliphatic carbocycles. The molecule has 1 fully saturated rings. The van der Waals surface area contributed by atoms with Gasteiger partial charge in [-0.25, -0.2) is 4.98 Å². The number of aromatic nitrogens is 2. The van der Waals surface area contributed by atoms with Crippen LogP contribution >= 0.6 is 0 Å². The third-order valence-electron chi connectivity index (χ3n) is 2.15. The van der Waals surface area contributed by atoms with Crippen LogP contribution in [0.5, 0.6) is 0 Å². The molecule has 0 aliphatic heterocycles. The van der Waals surface area contributed by atoms with Crippen LogP contribution in [-0.2, 0) is 11.2 Å². The van der Waals surface area contributed by atoms with Crippen LogP contribution in [-0.4, -0.2) is 15.9 Å². The summed E-state index contributed by atoms with van der Waals surface area (Å²) in [6.45, 7) is 0. The lowest BCUT2D eigenvalue weighted by molar-refractivity contribution is -0.117. The molecule has 0 radical (unpaired) electrons. The average molecular weight is 193 g/mol. The first kappa shape index (κ1) is 8.93. The van der Waals surface area contributed by atoms with E-state index in [1.165, 1.54) is 6.07 Å². The summed E-state index contributed by atoms with van der Waals surface area (Å²) in [7, 11) is 0. The summed E-state index contributed by atoms with van der Waals surface area (Å²) in [6.07, 6.45) is 2.15. The standard InChI is InChI=1S/C9H11N3O2/c10-7(13)4-8-11-6(5-1-2-5)3-9(14)12-8/h3,5H,1-2,4H2,(H2,10,13)(H,11,12,14). The normalized spacial score (nSPS) is 15.4. The Bertz CT molecular complexity index is 420. The third-order valence-corrected chi connectivity index (χ3v) is 2.15. The highest BCUT2D eigenvalue weighted by atomic mass is 16.1. The first-order valence-corrected chi connectivity index (χ1v) is 4.53. The first-order chi connectivity index (χ1) is 6.65. The molecule has 1 aliphatic rings. The van der Waals surface area contributed by atoms with Crippen LogP contribution in [0.2, 0.25) is 0 Å². The highest BCUT2D eigenvalue weighted by Crippen LogP contribution is 2.38. The van der Waals surface area contributed by atoms with Crippen molar-refractivity contribution in [3.05, 3.63) is 27.9 Å². The maximum absolute atomic E-state index is 11.2. The van der Waals surface area contributed by atoms with E-state index in [-0.39, 0.29) is 12.0 Å². The topological polar surface area (TPSA) is 88.8 Å². The average Bonchev–Trinajstić information content (AvgIpc) is 2.82. The van der Waals surface area contributed by atoms with Gasteiger partial charge < -0.3 is 10.7 Å². The van der Waals surface area contributed by atoms with E-state index in [2.05, 4.69) is 9.97 Å². The predicted molar refractivity (Wildman–Crippen MR) is 49.7 cm³/mol. The number of hydrogen-bond acceptors (Lipinski definition) is 3. The van der Waals surface area contributed by atoms with Gasteiger partial charge in [-0.05, 0) is 12.8 Å². The maximum atomic E-state index is 11.2. The van der Waals surface area contributed by atoms with Gasteiger partial charge in [0, 0.05) is 12.0 Å². The van der Waals surface area contributed by atoms with Gasteiger partial charge >= 0.3 is 0 Å². The lowest BCUT2D eigenvalue weighted by Gasteiger charge is -2.00. The number of nitrogens with zero attached hydrogens (tertiary/aromatic N) is 1. The molecule has 1 aromatic rings. The smallest absolute Gasteiger partial charge is 0.251 e. The molecule has 5 heteroatoms. The number of nitrogens with two attached hydrogens (primary N) is 1. The lowest BCUT2D eigenvalue weighted by atomic mass is 10.2. The highest BCUT2D eigenvalue weighted by molar-refractivity contribution is 5.75. The molecular formula is C9H11N3O2. The Morgan fingerprint density at radius 2 is 2.36 bits per heavy atom. The number of amides is 1. The maximum Gasteiger partial charge on any atom is 0.251 e. The van der Waals surface area contributed by atoms with Crippen LogP contribution in [0.15, 0.2) is 10.9 Å². The van der Waals surface area contributed by atoms with Crippen molar-refractivity contribution in [2.75, 3.05) is 0 Å². The molecule has 0 bridgehead atoms. The number of carbonyl (C=O) groups is 1. The van der Waals surface area contributed by atoms with Gasteiger partial charge in [0.2, 0.25) is 5.91 Å². The SMILES string of the molecule is NC(=O)Cc1nc(C2CC2)cc(=O)[nH]1. The molecule has 0 spiro atoms. The van der Waals surface area contributed by atoms with Crippen molar-refractivity contribution in [3.8, 4) is 0 Å². The van der Waals surface area contributed by atoms with E-state index in [1.54, 1.807) is 0 Å². The Kier molecular flexibility index (Phi) is 2.07. The largest absolute Gasteiger partial charge is 0.369 e. The zero-order valence-electron chi connectivity index (χ0n) is 7.62. The molecule has 1 aromatic heterocycles. The number of rotatable bonds is 3. The summed E-state index contributed by atoms with van der Waals surface area (Å²) in [4.78, 5) is 28.5. The molecule has 0 aromatic carbocycles. The summed E-state index contributed by atoms with van der Waals surface area (Å²) in [6, 6.07) is 1.49. The lowest BCUT2D eigenvalue weighted by Crippen LogP contribution is -2.20. The van der Waals surface area contributed by atoms with Crippen molar-refractivity contribution >= 4 is 5.91 Å². The van der Waals surface area contributed by atoms with Gasteiger partial charge in [0.05, 0.1) is 12.1 Å². The number of aromatic amines is 1. The van der Waals surface area contributed by atoms with E-state index in [9.17, 15) is 9.59 Å². The number of primary amides is 1. The van der Waals surface area contributed by atoms with Gasteiger partial charge in [0.25, 0.3) is 5.56 Å². The fourth-order valence-electron chi connectivity index (χ4n) is 1.37. The first-order valence-electron chi connectivity index (χ1n) is 4.53. The Hall–Kier alpha value is -1.65. The van der Waals surface area contributed by atoms with Crippen LogP contribution in [0.3, 0.4) is 0 Å². The molecule has 0 saturated heterocycles. The number of carbonyl (C=O) groups excluding carboxylic acids is 1. The minimum atomic E-state index is -0.485. The van der Waals surface area contributed by atoms with Crippen LogP contribution < -0.4 is 11.3 Å². The Morgan fingerprint density at radius 1 is 1.64 bits per heavy atom. The summed E-state index contributed by atoms with van der Waals surface area (Å²) in [5.74, 6) is 0.289. The number of nitrogens with one attached hydrogen (secondary N) is 1. The van der Waals surface area contributed by atoms with Crippen molar-refractivity contribution < 1.29 is 4.79 Å². The molecule has 0 unspecified atom stereocenters. The fraction of sp³-hybridized carbons (Fsp3) is 0.444. The van der Waals surface area contributed by atoms with Crippen LogP contribution in [0, 0.1) is 0 Å². The molecule has 14 heavy (non-hydrogen) atoms. The van der Waals surface area contributed by atoms with Gasteiger partial charge in [0.1, 0.15) is 5.82 Å². The predicted octanol–water partition coefficient (Wildman–Crippen LogP) is -0.325. The highest BCUT2D eigenvalue weighted by Gasteiger charge is 2.25. The fourth-order valence-corrected chi connectivity index (χ4v) is 1.37. The molecular weight excluding hydrogens is 182 g/mol. The second-order valence-corrected chi connectivity index (χ2v) is 3.53. The van der Waals surface area contributed by atoms with E-state index in [4.69, 9.17) is 5.73 Å². The molecule has 2 rings (SSSR count). The van der Waals surface area contributed by atoms with E-state index in [1.807, 2.05) is 0 Å². The minimum Gasteiger partial charge on any atom is -0.369 e. The summed E-state index contributed by atoms with van der Waals surface area (Å²) >= 11 is 0. The molecule has 3 N–H and O–H groups in total. The van der Waals surface area contributed by atoms with Crippen molar-refractivity contribution in [1.82, 2.24) is 9.97 Å². The molecule has 1 heterocycles. The Morgan fingerprint density at radius 3 is 2.93 bits per heavy atom. The Balaban J connectivity index is 2.31. The van der Waals surface area contributed by atoms with Crippen molar-refractivity contribution in [2.45, 2.75) is 25.2 Å². The van der Waals surface area contributed by atoms with E-state index in [0.717, 1.165) is 18.5 Å². The van der Waals surface area contributed by atoms with Crippen LogP contribution in [0.1, 0.15) is 30.3 Å². The van der Waals surface area contributed by atoms with E-state index >= 15 is 0 Å². The minimum absolute atomic E-state index is 0.00417. The summed E-state index contributed by atoms with van der Waals surface area (Å²) < 4.78 is 0. The second-order valence-electron chi connectivity index (χ2n) is 3.53. The third kappa shape index (κ3) is 1.99. The van der Waals surface area contributed by atoms with Gasteiger partial charge in [-0.1, -0.05) is 0 Å².